The Kier molecular flexibility index (Phi) is 4.48. The summed E-state index contributed by atoms with van der Waals surface area (Å²) >= 11 is 0. The first kappa shape index (κ1) is 16.7. The number of ether oxygens (including phenoxy) is 2. The Bertz CT molecular complexity index is 986. The van der Waals surface area contributed by atoms with E-state index in [1.807, 2.05) is 36.4 Å². The number of nitrogens with one attached hydrogen (secondary N) is 1. The van der Waals surface area contributed by atoms with Gasteiger partial charge in [-0.2, -0.15) is 5.10 Å². The third-order valence-corrected chi connectivity index (χ3v) is 4.01. The Balaban J connectivity index is 1.44. The van der Waals surface area contributed by atoms with E-state index in [9.17, 15) is 4.79 Å². The number of carbonyl (C=O) groups excluding carboxylic acids is 1. The Morgan fingerprint density at radius 3 is 2.89 bits per heavy atom. The largest absolute Gasteiger partial charge is 0.485 e. The molecule has 27 heavy (non-hydrogen) atoms. The molecule has 1 aromatic heterocycles. The number of aromatic nitrogens is 4. The van der Waals surface area contributed by atoms with Gasteiger partial charge in [-0.3, -0.25) is 4.79 Å². The zero-order valence-corrected chi connectivity index (χ0v) is 14.4. The number of hydrazone groups is 1. The molecular weight excluding hydrogens is 348 g/mol. The number of nitrogens with zero attached hydrogens (tertiary/aromatic N) is 5. The number of para-hydroxylation sites is 2. The third-order valence-electron chi connectivity index (χ3n) is 4.01. The lowest BCUT2D eigenvalue weighted by molar-refractivity contribution is -0.130. The van der Waals surface area contributed by atoms with Crippen molar-refractivity contribution in [2.45, 2.75) is 13.0 Å². The van der Waals surface area contributed by atoms with Crippen molar-refractivity contribution >= 4 is 11.6 Å². The molecule has 1 N–H and O–H groups in total. The Morgan fingerprint density at radius 2 is 2.07 bits per heavy atom. The summed E-state index contributed by atoms with van der Waals surface area (Å²) in [5, 5.41) is 15.3. The quantitative estimate of drug-likeness (QED) is 0.553. The summed E-state index contributed by atoms with van der Waals surface area (Å²) in [4.78, 5) is 12.3. The van der Waals surface area contributed by atoms with Gasteiger partial charge in [-0.1, -0.05) is 24.3 Å². The van der Waals surface area contributed by atoms with Crippen LogP contribution < -0.4 is 14.9 Å². The summed E-state index contributed by atoms with van der Waals surface area (Å²) in [6, 6.07) is 14.7. The predicted molar refractivity (Wildman–Crippen MR) is 95.9 cm³/mol. The van der Waals surface area contributed by atoms with Gasteiger partial charge < -0.3 is 9.47 Å². The molecule has 0 spiro atoms. The minimum Gasteiger partial charge on any atom is -0.485 e. The molecule has 0 aliphatic carbocycles. The number of carbonyl (C=O) groups is 1. The van der Waals surface area contributed by atoms with Crippen molar-refractivity contribution in [3.63, 3.8) is 0 Å². The first-order valence-electron chi connectivity index (χ1n) is 8.27. The minimum atomic E-state index is -0.760. The molecule has 2 aromatic carbocycles. The third kappa shape index (κ3) is 3.61. The summed E-state index contributed by atoms with van der Waals surface area (Å²) in [5.74, 6) is 0.792. The van der Waals surface area contributed by atoms with Gasteiger partial charge in [0.05, 0.1) is 11.4 Å². The van der Waals surface area contributed by atoms with Crippen LogP contribution in [0.3, 0.4) is 0 Å². The Morgan fingerprint density at radius 1 is 1.22 bits per heavy atom. The van der Waals surface area contributed by atoms with Crippen LogP contribution in [0.25, 0.3) is 5.69 Å². The van der Waals surface area contributed by atoms with Crippen LogP contribution in [0, 0.1) is 0 Å². The Labute approximate surface area is 154 Å². The fraction of sp³-hybridized carbons (Fsp3) is 0.167. The fourth-order valence-electron chi connectivity index (χ4n) is 2.58. The number of hydrogen-bond donors (Lipinski definition) is 1. The number of tetrazole rings is 1. The molecule has 9 heteroatoms. The lowest BCUT2D eigenvalue weighted by Crippen LogP contribution is -2.42. The van der Waals surface area contributed by atoms with Crippen molar-refractivity contribution in [1.82, 2.24) is 25.6 Å². The van der Waals surface area contributed by atoms with Crippen molar-refractivity contribution in [3.8, 4) is 17.2 Å². The van der Waals surface area contributed by atoms with Crippen LogP contribution in [0.4, 0.5) is 0 Å². The lowest BCUT2D eigenvalue weighted by atomic mass is 10.1. The van der Waals surface area contributed by atoms with E-state index >= 15 is 0 Å². The van der Waals surface area contributed by atoms with Gasteiger partial charge in [0.25, 0.3) is 5.91 Å². The highest BCUT2D eigenvalue weighted by molar-refractivity contribution is 5.99. The maximum absolute atomic E-state index is 12.3. The molecule has 3 aromatic rings. The van der Waals surface area contributed by atoms with Crippen molar-refractivity contribution in [2.24, 2.45) is 5.10 Å². The van der Waals surface area contributed by atoms with Gasteiger partial charge >= 0.3 is 0 Å². The average Bonchev–Trinajstić information content (AvgIpc) is 3.26. The van der Waals surface area contributed by atoms with E-state index in [4.69, 9.17) is 9.47 Å². The van der Waals surface area contributed by atoms with Crippen molar-refractivity contribution in [1.29, 1.82) is 0 Å². The van der Waals surface area contributed by atoms with E-state index < -0.39 is 6.10 Å². The molecule has 1 aliphatic rings. The molecule has 0 bridgehead atoms. The normalized spacial score (nSPS) is 16.0. The van der Waals surface area contributed by atoms with Crippen LogP contribution in [0.5, 0.6) is 11.5 Å². The molecule has 2 heterocycles. The first-order chi connectivity index (χ1) is 13.2. The predicted octanol–water partition coefficient (Wildman–Crippen LogP) is 1.34. The van der Waals surface area contributed by atoms with E-state index in [-0.39, 0.29) is 12.5 Å². The van der Waals surface area contributed by atoms with Gasteiger partial charge in [-0.25, -0.2) is 10.1 Å². The number of rotatable bonds is 4. The lowest BCUT2D eigenvalue weighted by Gasteiger charge is -2.24. The number of benzene rings is 2. The molecule has 1 atom stereocenters. The smallest absolute Gasteiger partial charge is 0.284 e. The maximum atomic E-state index is 12.3. The molecule has 0 fully saturated rings. The molecule has 9 nitrogen and oxygen atoms in total. The molecular formula is C18H16N6O3. The fourth-order valence-corrected chi connectivity index (χ4v) is 2.58. The summed E-state index contributed by atoms with van der Waals surface area (Å²) in [6.45, 7) is 1.93. The van der Waals surface area contributed by atoms with Crippen LogP contribution in [0.2, 0.25) is 0 Å². The van der Waals surface area contributed by atoms with Crippen molar-refractivity contribution in [3.05, 3.63) is 60.4 Å². The second kappa shape index (κ2) is 7.24. The van der Waals surface area contributed by atoms with Crippen molar-refractivity contribution in [2.75, 3.05) is 6.61 Å². The molecule has 0 unspecified atom stereocenters. The molecule has 1 aliphatic heterocycles. The topological polar surface area (TPSA) is 104 Å². The first-order valence-corrected chi connectivity index (χ1v) is 8.27. The highest BCUT2D eigenvalue weighted by atomic mass is 16.6. The maximum Gasteiger partial charge on any atom is 0.284 e. The van der Waals surface area contributed by atoms with E-state index in [1.54, 1.807) is 23.7 Å². The summed E-state index contributed by atoms with van der Waals surface area (Å²) in [6.07, 6.45) is 0.745. The molecule has 4 rings (SSSR count). The van der Waals surface area contributed by atoms with E-state index in [0.29, 0.717) is 17.2 Å². The molecule has 1 amide bonds. The zero-order valence-electron chi connectivity index (χ0n) is 14.4. The van der Waals surface area contributed by atoms with Gasteiger partial charge in [-0.15, -0.1) is 5.10 Å². The van der Waals surface area contributed by atoms with Crippen LogP contribution in [-0.2, 0) is 4.79 Å². The average molecular weight is 364 g/mol. The second-order valence-corrected chi connectivity index (χ2v) is 5.84. The summed E-state index contributed by atoms with van der Waals surface area (Å²) in [5.41, 5.74) is 4.79. The highest BCUT2D eigenvalue weighted by Crippen LogP contribution is 2.30. The molecule has 0 saturated heterocycles. The molecule has 0 radical (unpaired) electrons. The van der Waals surface area contributed by atoms with Gasteiger partial charge in [0.15, 0.2) is 11.5 Å². The van der Waals surface area contributed by atoms with Crippen molar-refractivity contribution < 1.29 is 14.3 Å². The van der Waals surface area contributed by atoms with Crippen LogP contribution in [-0.4, -0.2) is 44.5 Å². The van der Waals surface area contributed by atoms with Gasteiger partial charge in [-0.05, 0) is 47.2 Å². The van der Waals surface area contributed by atoms with E-state index in [0.717, 1.165) is 11.3 Å². The zero-order chi connectivity index (χ0) is 18.6. The summed E-state index contributed by atoms with van der Waals surface area (Å²) < 4.78 is 12.8. The number of amides is 1. The molecule has 0 saturated carbocycles. The molecule has 136 valence electrons. The monoisotopic (exact) mass is 364 g/mol. The van der Waals surface area contributed by atoms with E-state index in [2.05, 4.69) is 26.1 Å². The second-order valence-electron chi connectivity index (χ2n) is 5.84. The van der Waals surface area contributed by atoms with Gasteiger partial charge in [0.1, 0.15) is 12.9 Å². The standard InChI is InChI=1S/C18H16N6O3/c1-12(13-5-4-6-14(9-13)24-11-19-22-23-24)20-21-18(25)17-10-26-15-7-2-3-8-16(15)27-17/h2-9,11,17H,10H2,1H3,(H,21,25)/b20-12-/t17-/m0/s1. The highest BCUT2D eigenvalue weighted by Gasteiger charge is 2.27. The Hall–Kier alpha value is -3.75. The summed E-state index contributed by atoms with van der Waals surface area (Å²) in [7, 11) is 0. The minimum absolute atomic E-state index is 0.131. The van der Waals surface area contributed by atoms with Gasteiger partial charge in [0.2, 0.25) is 6.10 Å². The SMILES string of the molecule is C/C(=N/NC(=O)[C@@H]1COc2ccccc2O1)c1cccc(-n2cnnn2)c1. The number of fused-ring (bicyclic) bond motifs is 1. The van der Waals surface area contributed by atoms with Crippen LogP contribution in [0.1, 0.15) is 12.5 Å². The number of hydrogen-bond acceptors (Lipinski definition) is 7. The van der Waals surface area contributed by atoms with Crippen LogP contribution in [0.15, 0.2) is 60.0 Å². The van der Waals surface area contributed by atoms with Crippen LogP contribution >= 0.6 is 0 Å². The van der Waals surface area contributed by atoms with Gasteiger partial charge in [0, 0.05) is 0 Å². The van der Waals surface area contributed by atoms with E-state index in [1.165, 1.54) is 6.33 Å².